The molecule has 0 unspecified atom stereocenters. The highest BCUT2D eigenvalue weighted by atomic mass is 35.5. The van der Waals surface area contributed by atoms with Crippen molar-refractivity contribution in [2.24, 2.45) is 0 Å². The Morgan fingerprint density at radius 3 is 2.35 bits per heavy atom. The predicted octanol–water partition coefficient (Wildman–Crippen LogP) is 5.68. The molecule has 0 atom stereocenters. The zero-order valence-corrected chi connectivity index (χ0v) is 19.3. The van der Waals surface area contributed by atoms with Gasteiger partial charge in [-0.2, -0.15) is 10.4 Å². The van der Waals surface area contributed by atoms with Gasteiger partial charge < -0.3 is 9.64 Å². The first-order chi connectivity index (χ1) is 14.5. The van der Waals surface area contributed by atoms with Crippen LogP contribution in [-0.4, -0.2) is 33.2 Å². The molecule has 1 heterocycles. The first kappa shape index (κ1) is 22.4. The van der Waals surface area contributed by atoms with E-state index in [0.717, 1.165) is 11.4 Å². The topological polar surface area (TPSA) is 71.1 Å². The lowest BCUT2D eigenvalue weighted by molar-refractivity contribution is 0.0656. The molecule has 1 aromatic heterocycles. The quantitative estimate of drug-likeness (QED) is 0.527. The van der Waals surface area contributed by atoms with Gasteiger partial charge in [0.25, 0.3) is 5.91 Å². The van der Waals surface area contributed by atoms with Gasteiger partial charge in [0.05, 0.1) is 22.0 Å². The number of benzene rings is 2. The molecule has 0 aliphatic carbocycles. The maximum absolute atomic E-state index is 12.6. The molecule has 31 heavy (non-hydrogen) atoms. The molecule has 0 fully saturated rings. The van der Waals surface area contributed by atoms with Crippen molar-refractivity contribution in [1.29, 1.82) is 5.26 Å². The highest BCUT2D eigenvalue weighted by Gasteiger charge is 2.23. The highest BCUT2D eigenvalue weighted by Crippen LogP contribution is 2.31. The van der Waals surface area contributed by atoms with E-state index in [9.17, 15) is 4.79 Å². The zero-order valence-electron chi connectivity index (χ0n) is 18.5. The number of nitrogens with zero attached hydrogens (tertiary/aromatic N) is 4. The molecule has 1 amide bonds. The van der Waals surface area contributed by atoms with E-state index in [1.165, 1.54) is 0 Å². The number of carbonyl (C=O) groups excluding carboxylic acids is 1. The molecule has 0 aliphatic rings. The molecule has 160 valence electrons. The van der Waals surface area contributed by atoms with E-state index in [1.54, 1.807) is 59.1 Å². The lowest BCUT2D eigenvalue weighted by Crippen LogP contribution is -2.42. The number of amides is 1. The average molecular weight is 437 g/mol. The summed E-state index contributed by atoms with van der Waals surface area (Å²) < 4.78 is 7.82. The number of aryl methyl sites for hydroxylation is 1. The summed E-state index contributed by atoms with van der Waals surface area (Å²) in [6.07, 6.45) is 0. The third kappa shape index (κ3) is 4.57. The molecule has 0 aliphatic heterocycles. The Bertz CT molecular complexity index is 1170. The Morgan fingerprint density at radius 1 is 1.16 bits per heavy atom. The Morgan fingerprint density at radius 2 is 1.81 bits per heavy atom. The first-order valence-corrected chi connectivity index (χ1v) is 10.2. The van der Waals surface area contributed by atoms with Crippen LogP contribution >= 0.6 is 11.6 Å². The molecular weight excluding hydrogens is 412 g/mol. The van der Waals surface area contributed by atoms with Gasteiger partial charge in [-0.25, -0.2) is 4.68 Å². The second-order valence-corrected chi connectivity index (χ2v) is 8.76. The van der Waals surface area contributed by atoms with E-state index >= 15 is 0 Å². The molecule has 0 radical (unpaired) electrons. The standard InChI is InChI=1S/C24H25ClN4O2/c1-15-22(16(2)29(27-15)19-10-7-18(14-26)21(25)13-19)31-20-11-8-17(9-12-20)23(30)28(6)24(3,4)5/h7-13H,1-6H3. The van der Waals surface area contributed by atoms with E-state index < -0.39 is 0 Å². The molecule has 2 aromatic carbocycles. The van der Waals surface area contributed by atoms with Crippen molar-refractivity contribution in [3.63, 3.8) is 0 Å². The third-order valence-electron chi connectivity index (χ3n) is 5.17. The zero-order chi connectivity index (χ0) is 22.9. The van der Waals surface area contributed by atoms with Crippen LogP contribution in [0.2, 0.25) is 5.02 Å². The van der Waals surface area contributed by atoms with E-state index in [2.05, 4.69) is 11.2 Å². The molecule has 6 nitrogen and oxygen atoms in total. The lowest BCUT2D eigenvalue weighted by atomic mass is 10.1. The summed E-state index contributed by atoms with van der Waals surface area (Å²) in [5, 5.41) is 14.0. The largest absolute Gasteiger partial charge is 0.453 e. The van der Waals surface area contributed by atoms with Gasteiger partial charge in [0.2, 0.25) is 0 Å². The van der Waals surface area contributed by atoms with Crippen LogP contribution in [0.3, 0.4) is 0 Å². The molecule has 0 saturated carbocycles. The van der Waals surface area contributed by atoms with Gasteiger partial charge in [0.1, 0.15) is 17.5 Å². The molecule has 3 rings (SSSR count). The van der Waals surface area contributed by atoms with Crippen LogP contribution in [0.15, 0.2) is 42.5 Å². The van der Waals surface area contributed by atoms with Crippen LogP contribution in [0.5, 0.6) is 11.5 Å². The maximum Gasteiger partial charge on any atom is 0.254 e. The Hall–Kier alpha value is -3.30. The van der Waals surface area contributed by atoms with E-state index in [4.69, 9.17) is 21.6 Å². The van der Waals surface area contributed by atoms with Gasteiger partial charge in [-0.05, 0) is 77.1 Å². The first-order valence-electron chi connectivity index (χ1n) is 9.85. The van der Waals surface area contributed by atoms with Crippen LogP contribution in [-0.2, 0) is 0 Å². The minimum Gasteiger partial charge on any atom is -0.453 e. The number of nitriles is 1. The number of carbonyl (C=O) groups is 1. The summed E-state index contributed by atoms with van der Waals surface area (Å²) in [7, 11) is 1.79. The SMILES string of the molecule is Cc1nn(-c2ccc(C#N)c(Cl)c2)c(C)c1Oc1ccc(C(=O)N(C)C(C)(C)C)cc1. The van der Waals surface area contributed by atoms with Gasteiger partial charge in [-0.3, -0.25) is 4.79 Å². The summed E-state index contributed by atoms with van der Waals surface area (Å²) in [4.78, 5) is 14.4. The van der Waals surface area contributed by atoms with Crippen LogP contribution in [0.25, 0.3) is 5.69 Å². The average Bonchev–Trinajstić information content (AvgIpc) is 3.00. The third-order valence-corrected chi connectivity index (χ3v) is 5.49. The summed E-state index contributed by atoms with van der Waals surface area (Å²) in [5.41, 5.74) is 3.00. The molecule has 3 aromatic rings. The molecule has 0 N–H and O–H groups in total. The summed E-state index contributed by atoms with van der Waals surface area (Å²) in [6.45, 7) is 9.74. The van der Waals surface area contributed by atoms with Crippen LogP contribution in [0.1, 0.15) is 48.1 Å². The summed E-state index contributed by atoms with van der Waals surface area (Å²) in [6, 6.07) is 14.3. The number of hydrogen-bond donors (Lipinski definition) is 0. The number of aromatic nitrogens is 2. The van der Waals surface area contributed by atoms with Crippen LogP contribution < -0.4 is 4.74 Å². The van der Waals surface area contributed by atoms with Crippen molar-refractivity contribution in [3.8, 4) is 23.3 Å². The number of rotatable bonds is 4. The van der Waals surface area contributed by atoms with Crippen LogP contribution in [0, 0.1) is 25.2 Å². The Balaban J connectivity index is 1.85. The minimum absolute atomic E-state index is 0.0445. The molecule has 0 saturated heterocycles. The Labute approximate surface area is 187 Å². The van der Waals surface area contributed by atoms with Crippen molar-refractivity contribution < 1.29 is 9.53 Å². The van der Waals surface area contributed by atoms with E-state index in [0.29, 0.717) is 33.3 Å². The number of hydrogen-bond acceptors (Lipinski definition) is 4. The normalized spacial score (nSPS) is 11.2. The van der Waals surface area contributed by atoms with Crippen molar-refractivity contribution in [2.45, 2.75) is 40.2 Å². The molecule has 0 spiro atoms. The molecule has 7 heteroatoms. The second kappa shape index (κ2) is 8.44. The number of halogens is 1. The van der Waals surface area contributed by atoms with Gasteiger partial charge in [-0.1, -0.05) is 11.6 Å². The second-order valence-electron chi connectivity index (χ2n) is 8.35. The van der Waals surface area contributed by atoms with Gasteiger partial charge in [-0.15, -0.1) is 0 Å². The fraction of sp³-hybridized carbons (Fsp3) is 0.292. The lowest BCUT2D eigenvalue weighted by Gasteiger charge is -2.32. The van der Waals surface area contributed by atoms with Gasteiger partial charge in [0, 0.05) is 18.2 Å². The van der Waals surface area contributed by atoms with Crippen molar-refractivity contribution in [1.82, 2.24) is 14.7 Å². The van der Waals surface area contributed by atoms with Crippen molar-refractivity contribution in [3.05, 3.63) is 70.0 Å². The van der Waals surface area contributed by atoms with E-state index in [-0.39, 0.29) is 11.4 Å². The maximum atomic E-state index is 12.6. The molecule has 0 bridgehead atoms. The minimum atomic E-state index is -0.261. The fourth-order valence-corrected chi connectivity index (χ4v) is 3.25. The molecular formula is C24H25ClN4O2. The monoisotopic (exact) mass is 436 g/mol. The van der Waals surface area contributed by atoms with E-state index in [1.807, 2.05) is 34.6 Å². The van der Waals surface area contributed by atoms with Crippen molar-refractivity contribution >= 4 is 17.5 Å². The van der Waals surface area contributed by atoms with Gasteiger partial charge in [0.15, 0.2) is 5.75 Å². The Kier molecular flexibility index (Phi) is 6.10. The van der Waals surface area contributed by atoms with Crippen LogP contribution in [0.4, 0.5) is 0 Å². The smallest absolute Gasteiger partial charge is 0.254 e. The van der Waals surface area contributed by atoms with Crippen molar-refractivity contribution in [2.75, 3.05) is 7.05 Å². The highest BCUT2D eigenvalue weighted by molar-refractivity contribution is 6.31. The summed E-state index contributed by atoms with van der Waals surface area (Å²) >= 11 is 6.17. The fourth-order valence-electron chi connectivity index (χ4n) is 3.04. The number of ether oxygens (including phenoxy) is 1. The van der Waals surface area contributed by atoms with Gasteiger partial charge >= 0.3 is 0 Å². The predicted molar refractivity (Wildman–Crippen MR) is 121 cm³/mol. The summed E-state index contributed by atoms with van der Waals surface area (Å²) in [5.74, 6) is 1.20.